The Morgan fingerprint density at radius 1 is 1.08 bits per heavy atom. The molecule has 1 amide bonds. The van der Waals surface area contributed by atoms with Crippen molar-refractivity contribution in [3.05, 3.63) is 89.0 Å². The average molecular weight is 533 g/mol. The van der Waals surface area contributed by atoms with E-state index in [4.69, 9.17) is 0 Å². The number of carbonyl (C=O) groups excluding carboxylic acids is 1. The summed E-state index contributed by atoms with van der Waals surface area (Å²) >= 11 is 0. The largest absolute Gasteiger partial charge is 0.395 e. The van der Waals surface area contributed by atoms with Gasteiger partial charge in [0.1, 0.15) is 0 Å². The number of sulfone groups is 1. The second-order valence-corrected chi connectivity index (χ2v) is 11.9. The molecular formula is C28H31F3N2O3S. The van der Waals surface area contributed by atoms with Gasteiger partial charge in [0, 0.05) is 25.2 Å². The van der Waals surface area contributed by atoms with Gasteiger partial charge in [0.2, 0.25) is 0 Å². The third-order valence-electron chi connectivity index (χ3n) is 7.04. The highest BCUT2D eigenvalue weighted by Gasteiger charge is 2.38. The van der Waals surface area contributed by atoms with E-state index in [-0.39, 0.29) is 23.0 Å². The summed E-state index contributed by atoms with van der Waals surface area (Å²) in [6.07, 6.45) is 1.33. The van der Waals surface area contributed by atoms with E-state index in [0.717, 1.165) is 36.2 Å². The second-order valence-electron chi connectivity index (χ2n) is 9.59. The molecule has 2 aromatic carbocycles. The van der Waals surface area contributed by atoms with Gasteiger partial charge in [-0.2, -0.15) is 13.2 Å². The lowest BCUT2D eigenvalue weighted by Gasteiger charge is -2.22. The lowest BCUT2D eigenvalue weighted by Crippen LogP contribution is -2.25. The maximum atomic E-state index is 12.8. The number of allylic oxidation sites excluding steroid dienone is 2. The summed E-state index contributed by atoms with van der Waals surface area (Å²) in [5.74, 6) is -1.24. The Morgan fingerprint density at radius 2 is 1.78 bits per heavy atom. The third kappa shape index (κ3) is 6.90. The van der Waals surface area contributed by atoms with Crippen LogP contribution in [-0.4, -0.2) is 50.8 Å². The minimum atomic E-state index is -4.19. The van der Waals surface area contributed by atoms with Gasteiger partial charge in [0.05, 0.1) is 16.6 Å². The molecule has 5 nitrogen and oxygen atoms in total. The van der Waals surface area contributed by atoms with Crippen molar-refractivity contribution in [3.8, 4) is 0 Å². The average Bonchev–Trinajstić information content (AvgIpc) is 3.36. The number of benzene rings is 2. The standard InChI is InChI=1S/C28H31F3N2O3S/c1-2-37(35,36)26-13-5-20(6-14-26)17-32-27(34)23-9-7-22(8-10-23)24-15-16-33(19-24)18-21-3-11-25(12-4-21)28(29,30)31/h3-11,13-14,24-25H,2,12,15-19H2,1H3,(H,32,34). The topological polar surface area (TPSA) is 66.5 Å². The van der Waals surface area contributed by atoms with E-state index in [1.165, 1.54) is 6.08 Å². The highest BCUT2D eigenvalue weighted by molar-refractivity contribution is 7.91. The maximum absolute atomic E-state index is 12.8. The lowest BCUT2D eigenvalue weighted by atomic mass is 9.96. The Hall–Kier alpha value is -2.91. The van der Waals surface area contributed by atoms with E-state index >= 15 is 0 Å². The van der Waals surface area contributed by atoms with Gasteiger partial charge in [-0.3, -0.25) is 9.69 Å². The molecule has 198 valence electrons. The first kappa shape index (κ1) is 27.1. The Bertz CT molecular complexity index is 1270. The zero-order chi connectivity index (χ0) is 26.6. The number of hydrogen-bond acceptors (Lipinski definition) is 4. The molecule has 0 saturated carbocycles. The van der Waals surface area contributed by atoms with Gasteiger partial charge >= 0.3 is 6.18 Å². The van der Waals surface area contributed by atoms with Crippen LogP contribution in [0.3, 0.4) is 0 Å². The van der Waals surface area contributed by atoms with E-state index in [1.54, 1.807) is 55.5 Å². The van der Waals surface area contributed by atoms with Gasteiger partial charge in [-0.25, -0.2) is 8.42 Å². The van der Waals surface area contributed by atoms with Crippen LogP contribution < -0.4 is 5.32 Å². The molecule has 1 N–H and O–H groups in total. The fraction of sp³-hybridized carbons (Fsp3) is 0.393. The van der Waals surface area contributed by atoms with Crippen LogP contribution in [0.25, 0.3) is 0 Å². The first-order valence-corrected chi connectivity index (χ1v) is 14.1. The van der Waals surface area contributed by atoms with Crippen molar-refractivity contribution in [1.82, 2.24) is 10.2 Å². The van der Waals surface area contributed by atoms with Crippen molar-refractivity contribution < 1.29 is 26.4 Å². The summed E-state index contributed by atoms with van der Waals surface area (Å²) in [6, 6.07) is 14.0. The second kappa shape index (κ2) is 11.2. The normalized spacial score (nSPS) is 20.6. The molecule has 9 heteroatoms. The molecule has 1 aliphatic carbocycles. The van der Waals surface area contributed by atoms with Crippen LogP contribution >= 0.6 is 0 Å². The van der Waals surface area contributed by atoms with Crippen LogP contribution in [0.15, 0.2) is 77.2 Å². The van der Waals surface area contributed by atoms with Crippen molar-refractivity contribution in [2.75, 3.05) is 25.4 Å². The fourth-order valence-electron chi connectivity index (χ4n) is 4.70. The van der Waals surface area contributed by atoms with Gasteiger partial charge < -0.3 is 5.32 Å². The van der Waals surface area contributed by atoms with Gasteiger partial charge in [-0.1, -0.05) is 49.4 Å². The number of nitrogens with zero attached hydrogens (tertiary/aromatic N) is 1. The summed E-state index contributed by atoms with van der Waals surface area (Å²) < 4.78 is 62.4. The molecule has 0 aromatic heterocycles. The molecule has 2 unspecified atom stereocenters. The molecule has 37 heavy (non-hydrogen) atoms. The summed E-state index contributed by atoms with van der Waals surface area (Å²) in [6.45, 7) is 4.23. The highest BCUT2D eigenvalue weighted by atomic mass is 32.2. The molecule has 2 aromatic rings. The Kier molecular flexibility index (Phi) is 8.23. The molecular weight excluding hydrogens is 501 g/mol. The summed E-state index contributed by atoms with van der Waals surface area (Å²) in [4.78, 5) is 15.1. The van der Waals surface area contributed by atoms with Crippen molar-refractivity contribution in [2.45, 2.75) is 43.3 Å². The number of carbonyl (C=O) groups is 1. The SMILES string of the molecule is CCS(=O)(=O)c1ccc(CNC(=O)c2ccc(C3CCN(CC4=CCC(C(F)(F)F)C=C4)C3)cc2)cc1. The van der Waals surface area contributed by atoms with Gasteiger partial charge in [0.25, 0.3) is 5.91 Å². The first-order chi connectivity index (χ1) is 17.5. The minimum Gasteiger partial charge on any atom is -0.348 e. The van der Waals surface area contributed by atoms with Crippen LogP contribution in [0.4, 0.5) is 13.2 Å². The van der Waals surface area contributed by atoms with E-state index < -0.39 is 21.9 Å². The van der Waals surface area contributed by atoms with E-state index in [9.17, 15) is 26.4 Å². The van der Waals surface area contributed by atoms with E-state index in [0.29, 0.717) is 24.6 Å². The summed E-state index contributed by atoms with van der Waals surface area (Å²) in [7, 11) is -3.25. The minimum absolute atomic E-state index is 0.00219. The van der Waals surface area contributed by atoms with Crippen LogP contribution in [0.1, 0.15) is 47.2 Å². The number of nitrogens with one attached hydrogen (secondary N) is 1. The van der Waals surface area contributed by atoms with Gasteiger partial charge in [0.15, 0.2) is 9.84 Å². The van der Waals surface area contributed by atoms with Crippen LogP contribution in [0.2, 0.25) is 0 Å². The molecule has 1 heterocycles. The predicted molar refractivity (Wildman–Crippen MR) is 137 cm³/mol. The molecule has 0 bridgehead atoms. The molecule has 2 atom stereocenters. The Balaban J connectivity index is 1.26. The maximum Gasteiger partial charge on any atom is 0.395 e. The number of amides is 1. The number of hydrogen-bond donors (Lipinski definition) is 1. The molecule has 4 rings (SSSR count). The first-order valence-electron chi connectivity index (χ1n) is 12.4. The van der Waals surface area contributed by atoms with Crippen molar-refractivity contribution in [3.63, 3.8) is 0 Å². The number of alkyl halides is 3. The zero-order valence-electron chi connectivity index (χ0n) is 20.7. The highest BCUT2D eigenvalue weighted by Crippen LogP contribution is 2.34. The van der Waals surface area contributed by atoms with Gasteiger partial charge in [-0.05, 0) is 66.3 Å². The predicted octanol–water partition coefficient (Wildman–Crippen LogP) is 5.26. The van der Waals surface area contributed by atoms with E-state index in [1.807, 2.05) is 12.1 Å². The smallest absolute Gasteiger partial charge is 0.348 e. The molecule has 2 aliphatic rings. The molecule has 0 radical (unpaired) electrons. The molecule has 1 saturated heterocycles. The zero-order valence-corrected chi connectivity index (χ0v) is 21.5. The molecule has 0 spiro atoms. The lowest BCUT2D eigenvalue weighted by molar-refractivity contribution is -0.160. The van der Waals surface area contributed by atoms with Crippen LogP contribution in [-0.2, 0) is 16.4 Å². The quantitative estimate of drug-likeness (QED) is 0.504. The van der Waals surface area contributed by atoms with Crippen molar-refractivity contribution in [1.29, 1.82) is 0 Å². The Morgan fingerprint density at radius 3 is 2.38 bits per heavy atom. The van der Waals surface area contributed by atoms with Gasteiger partial charge in [-0.15, -0.1) is 0 Å². The fourth-order valence-corrected chi connectivity index (χ4v) is 5.59. The number of halogens is 3. The summed E-state index contributed by atoms with van der Waals surface area (Å²) in [5.41, 5.74) is 3.41. The summed E-state index contributed by atoms with van der Waals surface area (Å²) in [5, 5.41) is 2.86. The Labute approximate surface area is 216 Å². The van der Waals surface area contributed by atoms with Crippen molar-refractivity contribution in [2.24, 2.45) is 5.92 Å². The number of likely N-dealkylation sites (tertiary alicyclic amines) is 1. The van der Waals surface area contributed by atoms with Crippen LogP contribution in [0.5, 0.6) is 0 Å². The molecule has 1 fully saturated rings. The van der Waals surface area contributed by atoms with E-state index in [2.05, 4.69) is 10.2 Å². The number of rotatable bonds is 8. The third-order valence-corrected chi connectivity index (χ3v) is 8.79. The monoisotopic (exact) mass is 532 g/mol. The van der Waals surface area contributed by atoms with Crippen LogP contribution in [0, 0.1) is 5.92 Å². The molecule has 1 aliphatic heterocycles. The van der Waals surface area contributed by atoms with Crippen molar-refractivity contribution >= 4 is 15.7 Å².